The van der Waals surface area contributed by atoms with Crippen LogP contribution in [-0.2, 0) is 5.75 Å². The van der Waals surface area contributed by atoms with Gasteiger partial charge in [-0.2, -0.15) is 0 Å². The first-order valence-electron chi connectivity index (χ1n) is 6.25. The van der Waals surface area contributed by atoms with Gasteiger partial charge in [0.25, 0.3) is 0 Å². The molecule has 0 saturated heterocycles. The third-order valence-electron chi connectivity index (χ3n) is 2.78. The minimum atomic E-state index is -0.212. The van der Waals surface area contributed by atoms with Crippen LogP contribution in [0.2, 0.25) is 0 Å². The Kier molecular flexibility index (Phi) is 4.48. The Hall–Kier alpha value is -1.50. The molecule has 2 aromatic carbocycles. The molecule has 0 unspecified atom stereocenters. The summed E-state index contributed by atoms with van der Waals surface area (Å²) in [5.41, 5.74) is 1.89. The molecule has 0 spiro atoms. The fourth-order valence-electron chi connectivity index (χ4n) is 1.82. The number of nitrogens with zero attached hydrogens (tertiary/aromatic N) is 2. The lowest BCUT2D eigenvalue weighted by molar-refractivity contribution is 0.626. The quantitative estimate of drug-likeness (QED) is 0.488. The number of halogens is 1. The molecule has 3 aromatic rings. The smallest absolute Gasteiger partial charge is 0.184 e. The molecule has 3 rings (SSSR count). The lowest BCUT2D eigenvalue weighted by Gasteiger charge is -2.00. The summed E-state index contributed by atoms with van der Waals surface area (Å²) in [4.78, 5) is 0. The normalized spacial score (nSPS) is 10.7. The summed E-state index contributed by atoms with van der Waals surface area (Å²) in [6, 6.07) is 16.4. The summed E-state index contributed by atoms with van der Waals surface area (Å²) in [6.07, 6.45) is 0. The van der Waals surface area contributed by atoms with E-state index in [-0.39, 0.29) is 5.82 Å². The zero-order valence-corrected chi connectivity index (χ0v) is 13.3. The van der Waals surface area contributed by atoms with E-state index in [1.54, 1.807) is 28.6 Å². The third kappa shape index (κ3) is 3.58. The van der Waals surface area contributed by atoms with Gasteiger partial charge in [-0.3, -0.25) is 0 Å². The molecule has 1 heterocycles. The maximum Gasteiger partial charge on any atom is 0.184 e. The fraction of sp³-hybridized carbons (Fsp3) is 0.0667. The number of hydrogen-bond donors (Lipinski definition) is 0. The van der Waals surface area contributed by atoms with E-state index in [2.05, 4.69) is 5.10 Å². The van der Waals surface area contributed by atoms with Gasteiger partial charge in [0.2, 0.25) is 0 Å². The number of rotatable bonds is 4. The second-order valence-electron chi connectivity index (χ2n) is 4.30. The fourth-order valence-corrected chi connectivity index (χ4v) is 4.13. The van der Waals surface area contributed by atoms with Crippen LogP contribution in [0.25, 0.3) is 5.69 Å². The number of hydrogen-bond acceptors (Lipinski definition) is 4. The van der Waals surface area contributed by atoms with Crippen molar-refractivity contribution in [3.63, 3.8) is 0 Å². The Morgan fingerprint density at radius 3 is 2.71 bits per heavy atom. The Labute approximate surface area is 135 Å². The summed E-state index contributed by atoms with van der Waals surface area (Å²) in [7, 11) is 0. The van der Waals surface area contributed by atoms with Crippen molar-refractivity contribution in [2.24, 2.45) is 0 Å². The van der Waals surface area contributed by atoms with Gasteiger partial charge in [0, 0.05) is 5.75 Å². The second-order valence-corrected chi connectivity index (χ2v) is 7.14. The molecule has 0 radical (unpaired) electrons. The average molecular weight is 334 g/mol. The predicted octanol–water partition coefficient (Wildman–Crippen LogP) is 5.09. The first-order valence-corrected chi connectivity index (χ1v) is 8.46. The second kappa shape index (κ2) is 6.51. The molecule has 0 N–H and O–H groups in total. The van der Waals surface area contributed by atoms with Crippen molar-refractivity contribution in [3.05, 3.63) is 69.9 Å². The third-order valence-corrected chi connectivity index (χ3v) is 5.22. The lowest BCUT2D eigenvalue weighted by Crippen LogP contribution is -1.95. The number of para-hydroxylation sites is 1. The van der Waals surface area contributed by atoms with E-state index in [0.29, 0.717) is 9.71 Å². The van der Waals surface area contributed by atoms with E-state index >= 15 is 0 Å². The Balaban J connectivity index is 1.77. The molecular weight excluding hydrogens is 323 g/mol. The maximum absolute atomic E-state index is 13.1. The minimum absolute atomic E-state index is 0.212. The summed E-state index contributed by atoms with van der Waals surface area (Å²) in [5, 5.41) is 4.52. The van der Waals surface area contributed by atoms with Crippen LogP contribution in [-0.4, -0.2) is 9.78 Å². The molecule has 0 aliphatic rings. The highest BCUT2D eigenvalue weighted by molar-refractivity contribution is 8.00. The molecule has 0 amide bonds. The highest BCUT2D eigenvalue weighted by Crippen LogP contribution is 2.27. The molecule has 2 nitrogen and oxygen atoms in total. The molecule has 0 fully saturated rings. The number of benzene rings is 2. The van der Waals surface area contributed by atoms with Crippen molar-refractivity contribution in [2.45, 2.75) is 10.1 Å². The van der Waals surface area contributed by atoms with Gasteiger partial charge in [-0.05, 0) is 42.0 Å². The van der Waals surface area contributed by atoms with Crippen LogP contribution in [0.1, 0.15) is 5.56 Å². The molecule has 106 valence electrons. The van der Waals surface area contributed by atoms with Crippen LogP contribution < -0.4 is 0 Å². The molecule has 1 aromatic heterocycles. The Morgan fingerprint density at radius 2 is 1.95 bits per heavy atom. The molecular formula is C15H11FN2S3. The van der Waals surface area contributed by atoms with Gasteiger partial charge in [0.05, 0.1) is 5.69 Å². The van der Waals surface area contributed by atoms with Crippen LogP contribution >= 0.6 is 35.3 Å². The van der Waals surface area contributed by atoms with Crippen LogP contribution in [0.15, 0.2) is 58.9 Å². The topological polar surface area (TPSA) is 17.8 Å². The predicted molar refractivity (Wildman–Crippen MR) is 88.2 cm³/mol. The van der Waals surface area contributed by atoms with Gasteiger partial charge in [0.1, 0.15) is 5.82 Å². The summed E-state index contributed by atoms with van der Waals surface area (Å²) in [6.45, 7) is 0. The lowest BCUT2D eigenvalue weighted by atomic mass is 10.2. The van der Waals surface area contributed by atoms with Crippen molar-refractivity contribution in [1.82, 2.24) is 9.78 Å². The first-order chi connectivity index (χ1) is 10.2. The largest absolute Gasteiger partial charge is 0.211 e. The molecule has 0 saturated carbocycles. The molecule has 0 atom stereocenters. The van der Waals surface area contributed by atoms with E-state index in [1.807, 2.05) is 36.4 Å². The molecule has 0 bridgehead atoms. The van der Waals surface area contributed by atoms with E-state index in [9.17, 15) is 4.39 Å². The zero-order chi connectivity index (χ0) is 14.7. The monoisotopic (exact) mass is 334 g/mol. The van der Waals surface area contributed by atoms with Gasteiger partial charge in [-0.15, -0.1) is 5.10 Å². The van der Waals surface area contributed by atoms with Gasteiger partial charge >= 0.3 is 0 Å². The van der Waals surface area contributed by atoms with Crippen LogP contribution in [0.4, 0.5) is 4.39 Å². The Morgan fingerprint density at radius 1 is 1.14 bits per heavy atom. The van der Waals surface area contributed by atoms with E-state index in [4.69, 9.17) is 12.2 Å². The molecule has 21 heavy (non-hydrogen) atoms. The van der Waals surface area contributed by atoms with Crippen molar-refractivity contribution in [1.29, 1.82) is 0 Å². The number of thioether (sulfide) groups is 1. The van der Waals surface area contributed by atoms with E-state index in [0.717, 1.165) is 15.6 Å². The van der Waals surface area contributed by atoms with E-state index < -0.39 is 0 Å². The maximum atomic E-state index is 13.1. The SMILES string of the molecule is Fc1cccc(CSc2nn(-c3ccccc3)c(=S)s2)c1. The summed E-state index contributed by atoms with van der Waals surface area (Å²) < 4.78 is 16.5. The average Bonchev–Trinajstić information content (AvgIpc) is 2.87. The highest BCUT2D eigenvalue weighted by atomic mass is 32.2. The van der Waals surface area contributed by atoms with Crippen LogP contribution in [0.3, 0.4) is 0 Å². The van der Waals surface area contributed by atoms with Gasteiger partial charge in [0.15, 0.2) is 8.29 Å². The minimum Gasteiger partial charge on any atom is -0.211 e. The van der Waals surface area contributed by atoms with Crippen molar-refractivity contribution in [2.75, 3.05) is 0 Å². The van der Waals surface area contributed by atoms with Crippen molar-refractivity contribution < 1.29 is 4.39 Å². The first kappa shape index (κ1) is 14.4. The van der Waals surface area contributed by atoms with Crippen LogP contribution in [0.5, 0.6) is 0 Å². The number of aromatic nitrogens is 2. The molecule has 6 heteroatoms. The van der Waals surface area contributed by atoms with E-state index in [1.165, 1.54) is 17.4 Å². The van der Waals surface area contributed by atoms with Crippen molar-refractivity contribution >= 4 is 35.3 Å². The molecule has 0 aliphatic carbocycles. The van der Waals surface area contributed by atoms with Crippen LogP contribution in [0, 0.1) is 9.77 Å². The standard InChI is InChI=1S/C15H11FN2S3/c16-12-6-4-5-11(9-12)10-20-14-17-18(15(19)21-14)13-7-2-1-3-8-13/h1-9H,10H2. The summed E-state index contributed by atoms with van der Waals surface area (Å²) >= 11 is 8.39. The van der Waals surface area contributed by atoms with Crippen molar-refractivity contribution in [3.8, 4) is 5.69 Å². The molecule has 0 aliphatic heterocycles. The van der Waals surface area contributed by atoms with Gasteiger partial charge < -0.3 is 0 Å². The zero-order valence-electron chi connectivity index (χ0n) is 10.9. The summed E-state index contributed by atoms with van der Waals surface area (Å²) in [5.74, 6) is 0.463. The Bertz CT molecular complexity index is 796. The van der Waals surface area contributed by atoms with Gasteiger partial charge in [-0.1, -0.05) is 53.4 Å². The highest BCUT2D eigenvalue weighted by Gasteiger charge is 2.06. The van der Waals surface area contributed by atoms with Gasteiger partial charge in [-0.25, -0.2) is 9.07 Å².